The molecule has 1 amide bonds. The minimum absolute atomic E-state index is 0.116. The highest BCUT2D eigenvalue weighted by Crippen LogP contribution is 2.24. The minimum Gasteiger partial charge on any atom is -0.732 e. The van der Waals surface area contributed by atoms with E-state index in [0.29, 0.717) is 18.5 Å². The lowest BCUT2D eigenvalue weighted by atomic mass is 9.97. The monoisotopic (exact) mass is 437 g/mol. The lowest BCUT2D eigenvalue weighted by Crippen LogP contribution is -2.45. The topological polar surface area (TPSA) is 97.3 Å². The molecule has 0 saturated heterocycles. The summed E-state index contributed by atoms with van der Waals surface area (Å²) in [5.41, 5.74) is 2.13. The number of hydrogen-bond donors (Lipinski definition) is 1. The number of rotatable bonds is 9. The summed E-state index contributed by atoms with van der Waals surface area (Å²) >= 11 is 0. The van der Waals surface area contributed by atoms with Gasteiger partial charge in [0.1, 0.15) is 0 Å². The number of ketones is 1. The molecule has 0 fully saturated rings. The first kappa shape index (κ1) is 23.4. The lowest BCUT2D eigenvalue weighted by molar-refractivity contribution is -0.167. The smallest absolute Gasteiger partial charge is 0.302 e. The fourth-order valence-corrected chi connectivity index (χ4v) is 3.45. The van der Waals surface area contributed by atoms with Crippen molar-refractivity contribution < 1.29 is 14.4 Å². The van der Waals surface area contributed by atoms with Crippen LogP contribution in [0.1, 0.15) is 44.5 Å². The van der Waals surface area contributed by atoms with Gasteiger partial charge in [-0.2, -0.15) is 0 Å². The molecular weight excluding hydrogens is 408 g/mol. The number of nitrogens with zero attached hydrogens (tertiary/aromatic N) is 3. The maximum Gasteiger partial charge on any atom is 0.302 e. The van der Waals surface area contributed by atoms with Gasteiger partial charge in [0.25, 0.3) is 5.91 Å². The molecule has 8 heteroatoms. The van der Waals surface area contributed by atoms with Crippen LogP contribution in [-0.4, -0.2) is 40.6 Å². The molecule has 0 unspecified atom stereocenters. The zero-order valence-corrected chi connectivity index (χ0v) is 18.8. The molecule has 3 rings (SSSR count). The Morgan fingerprint density at radius 2 is 1.66 bits per heavy atom. The average Bonchev–Trinajstić information content (AvgIpc) is 3.12. The molecule has 0 aromatic heterocycles. The van der Waals surface area contributed by atoms with Crippen molar-refractivity contribution in [1.82, 2.24) is 15.8 Å². The predicted octanol–water partition coefficient (Wildman–Crippen LogP) is 4.00. The van der Waals surface area contributed by atoms with Crippen LogP contribution >= 0.6 is 0 Å². The van der Waals surface area contributed by atoms with E-state index in [0.717, 1.165) is 16.2 Å². The number of carbonyl (C=O) groups excluding carboxylic acids is 2. The number of amides is 1. The van der Waals surface area contributed by atoms with Gasteiger partial charge in [-0.15, -0.1) is 5.10 Å². The van der Waals surface area contributed by atoms with E-state index in [1.54, 1.807) is 12.1 Å². The summed E-state index contributed by atoms with van der Waals surface area (Å²) in [6.07, 6.45) is 0.378. The van der Waals surface area contributed by atoms with Gasteiger partial charge < -0.3 is 15.4 Å². The van der Waals surface area contributed by atoms with Crippen molar-refractivity contribution in [3.8, 4) is 11.1 Å². The van der Waals surface area contributed by atoms with Crippen molar-refractivity contribution in [2.45, 2.75) is 40.2 Å². The third-order valence-corrected chi connectivity index (χ3v) is 4.88. The summed E-state index contributed by atoms with van der Waals surface area (Å²) in [7, 11) is 0. The van der Waals surface area contributed by atoms with Gasteiger partial charge in [-0.1, -0.05) is 81.6 Å². The van der Waals surface area contributed by atoms with Crippen LogP contribution < -0.4 is 5.32 Å². The Kier molecular flexibility index (Phi) is 7.61. The van der Waals surface area contributed by atoms with Crippen LogP contribution in [0.4, 0.5) is 0 Å². The number of nitrogens with one attached hydrogen (secondary N) is 1. The molecule has 0 saturated carbocycles. The van der Waals surface area contributed by atoms with Crippen molar-refractivity contribution in [1.29, 1.82) is 0 Å². The van der Waals surface area contributed by atoms with Crippen LogP contribution in [0.25, 0.3) is 11.1 Å². The first-order valence-corrected chi connectivity index (χ1v) is 10.8. The van der Waals surface area contributed by atoms with E-state index in [9.17, 15) is 14.8 Å². The molecule has 32 heavy (non-hydrogen) atoms. The van der Waals surface area contributed by atoms with E-state index in [1.165, 1.54) is 0 Å². The van der Waals surface area contributed by atoms with Gasteiger partial charge in [-0.25, -0.2) is 5.12 Å². The van der Waals surface area contributed by atoms with Crippen LogP contribution in [0.5, 0.6) is 0 Å². The number of benzene rings is 2. The van der Waals surface area contributed by atoms with Gasteiger partial charge in [0.2, 0.25) is 5.78 Å². The molecule has 0 bridgehead atoms. The lowest BCUT2D eigenvalue weighted by Gasteiger charge is -2.29. The van der Waals surface area contributed by atoms with E-state index >= 15 is 0 Å². The molecule has 0 radical (unpaired) electrons. The summed E-state index contributed by atoms with van der Waals surface area (Å²) in [5, 5.41) is 20.1. The maximum atomic E-state index is 13.2. The van der Waals surface area contributed by atoms with Crippen LogP contribution in [0.3, 0.4) is 0 Å². The van der Waals surface area contributed by atoms with Crippen LogP contribution in [0, 0.1) is 17.0 Å². The molecule has 2 aromatic rings. The quantitative estimate of drug-likeness (QED) is 0.637. The van der Waals surface area contributed by atoms with E-state index < -0.39 is 11.8 Å². The summed E-state index contributed by atoms with van der Waals surface area (Å²) < 4.78 is 0. The Hall–Kier alpha value is -3.23. The highest BCUT2D eigenvalue weighted by atomic mass is 16.9. The van der Waals surface area contributed by atoms with Crippen molar-refractivity contribution in [3.63, 3.8) is 0 Å². The van der Waals surface area contributed by atoms with Crippen molar-refractivity contribution in [3.05, 3.63) is 65.4 Å². The van der Waals surface area contributed by atoms with Gasteiger partial charge in [0.15, 0.2) is 0 Å². The average molecular weight is 438 g/mol. The largest absolute Gasteiger partial charge is 0.732 e. The number of hydrazone groups is 1. The molecule has 1 atom stereocenters. The zero-order valence-electron chi connectivity index (χ0n) is 18.8. The second-order valence-corrected chi connectivity index (χ2v) is 8.61. The molecule has 8 nitrogen and oxygen atoms in total. The van der Waals surface area contributed by atoms with Crippen molar-refractivity contribution in [2.75, 3.05) is 6.54 Å². The number of carbonyl (C=O) groups is 2. The Morgan fingerprint density at radius 3 is 2.31 bits per heavy atom. The molecule has 1 aliphatic rings. The fraction of sp³-hybridized carbons (Fsp3) is 0.375. The van der Waals surface area contributed by atoms with Gasteiger partial charge in [0, 0.05) is 5.56 Å². The highest BCUT2D eigenvalue weighted by molar-refractivity contribution is 6.38. The minimum atomic E-state index is -0.877. The number of hydrazine groups is 1. The van der Waals surface area contributed by atoms with Gasteiger partial charge in [0.05, 0.1) is 12.6 Å². The first-order chi connectivity index (χ1) is 15.3. The Morgan fingerprint density at radius 1 is 1.00 bits per heavy atom. The Balaban J connectivity index is 1.83. The van der Waals surface area contributed by atoms with Gasteiger partial charge >= 0.3 is 5.90 Å². The summed E-state index contributed by atoms with van der Waals surface area (Å²) in [5.74, 6) is -0.959. The second-order valence-electron chi connectivity index (χ2n) is 8.61. The van der Waals surface area contributed by atoms with Gasteiger partial charge in [-0.3, -0.25) is 9.59 Å². The number of Topliss-reactive ketones (excluding diaryl/α,β-unsaturated/α-hetero) is 1. The van der Waals surface area contributed by atoms with E-state index in [1.807, 2.05) is 70.2 Å². The van der Waals surface area contributed by atoms with Crippen LogP contribution in [0.15, 0.2) is 59.7 Å². The molecule has 170 valence electrons. The molecular formula is C24H29N4O4-. The molecule has 1 heterocycles. The van der Waals surface area contributed by atoms with Crippen LogP contribution in [0.2, 0.25) is 0 Å². The summed E-state index contributed by atoms with van der Waals surface area (Å²) in [6.45, 7) is 8.06. The predicted molar refractivity (Wildman–Crippen MR) is 123 cm³/mol. The Bertz CT molecular complexity index is 975. The standard InChI is InChI=1S/C24H29N4O4/c1-16(2)14-21(22(29)24-26-27(15-17(3)4)28(31)32-24)25-23(30)20-13-9-8-12-19(20)18-10-6-5-7-11-18/h5-13,16-17,21H,14-15H2,1-4H3,(H,25,30)/q-1/t21-/m0/s1. The zero-order chi connectivity index (χ0) is 23.3. The van der Waals surface area contributed by atoms with E-state index in [4.69, 9.17) is 4.84 Å². The van der Waals surface area contributed by atoms with E-state index in [2.05, 4.69) is 10.4 Å². The second kappa shape index (κ2) is 10.4. The first-order valence-electron chi connectivity index (χ1n) is 10.8. The molecule has 2 aromatic carbocycles. The maximum absolute atomic E-state index is 13.2. The SMILES string of the molecule is CC(C)C[C@H](NC(=O)c1ccccc1-c1ccccc1)C(=O)C1=NN(CC(C)C)N([O-])O1. The molecule has 1 aliphatic heterocycles. The molecule has 0 spiro atoms. The molecule has 0 aliphatic carbocycles. The summed E-state index contributed by atoms with van der Waals surface area (Å²) in [4.78, 5) is 31.3. The fourth-order valence-electron chi connectivity index (χ4n) is 3.45. The summed E-state index contributed by atoms with van der Waals surface area (Å²) in [6, 6.07) is 15.9. The molecule has 1 N–H and O–H groups in total. The van der Waals surface area contributed by atoms with E-state index in [-0.39, 0.29) is 29.0 Å². The van der Waals surface area contributed by atoms with Crippen molar-refractivity contribution >= 4 is 17.6 Å². The van der Waals surface area contributed by atoms with Crippen molar-refractivity contribution in [2.24, 2.45) is 16.9 Å². The Labute approximate surface area is 188 Å². The third kappa shape index (κ3) is 5.72. The van der Waals surface area contributed by atoms with Gasteiger partial charge in [-0.05, 0) is 35.4 Å². The third-order valence-electron chi connectivity index (χ3n) is 4.88. The normalized spacial score (nSPS) is 15.0. The van der Waals surface area contributed by atoms with Crippen LogP contribution in [-0.2, 0) is 9.63 Å². The number of hydrogen-bond acceptors (Lipinski definition) is 7. The highest BCUT2D eigenvalue weighted by Gasteiger charge is 2.33.